The van der Waals surface area contributed by atoms with Gasteiger partial charge in [-0.25, -0.2) is 0 Å². The lowest BCUT2D eigenvalue weighted by Gasteiger charge is -2.26. The predicted molar refractivity (Wildman–Crippen MR) is 63.1 cm³/mol. The predicted octanol–water partition coefficient (Wildman–Crippen LogP) is 2.28. The molecule has 2 rings (SSSR count). The lowest BCUT2D eigenvalue weighted by Crippen LogP contribution is -2.28. The van der Waals surface area contributed by atoms with Gasteiger partial charge < -0.3 is 10.1 Å². The molecule has 0 amide bonds. The number of hydrogen-bond donors (Lipinski definition) is 1. The van der Waals surface area contributed by atoms with E-state index in [1.807, 2.05) is 12.4 Å². The summed E-state index contributed by atoms with van der Waals surface area (Å²) < 4.78 is 5.65. The largest absolute Gasteiger partial charge is 0.360 e. The van der Waals surface area contributed by atoms with Crippen molar-refractivity contribution in [2.45, 2.75) is 31.9 Å². The molecule has 85 valence electrons. The van der Waals surface area contributed by atoms with E-state index in [0.29, 0.717) is 13.0 Å². The van der Waals surface area contributed by atoms with Gasteiger partial charge in [-0.1, -0.05) is 18.2 Å². The van der Waals surface area contributed by atoms with Crippen LogP contribution in [0, 0.1) is 0 Å². The average Bonchev–Trinajstić information content (AvgIpc) is 2.34. The number of fused-ring (bicyclic) bond motifs is 1. The SMILES string of the molecule is O=[C]CCCOC1CCc2ccccc2N1. The van der Waals surface area contributed by atoms with E-state index in [2.05, 4.69) is 23.5 Å². The van der Waals surface area contributed by atoms with Crippen LogP contribution in [0.2, 0.25) is 0 Å². The van der Waals surface area contributed by atoms with Gasteiger partial charge in [0.1, 0.15) is 6.23 Å². The Hall–Kier alpha value is -1.35. The monoisotopic (exact) mass is 218 g/mol. The number of hydrogen-bond acceptors (Lipinski definition) is 3. The molecule has 0 fully saturated rings. The van der Waals surface area contributed by atoms with Crippen molar-refractivity contribution in [3.8, 4) is 0 Å². The van der Waals surface area contributed by atoms with Crippen LogP contribution in [0.25, 0.3) is 0 Å². The van der Waals surface area contributed by atoms with E-state index in [-0.39, 0.29) is 6.23 Å². The van der Waals surface area contributed by atoms with Gasteiger partial charge >= 0.3 is 0 Å². The third kappa shape index (κ3) is 2.83. The summed E-state index contributed by atoms with van der Waals surface area (Å²) in [6, 6.07) is 8.29. The first-order chi connectivity index (χ1) is 7.90. The molecule has 1 N–H and O–H groups in total. The smallest absolute Gasteiger partial charge is 0.198 e. The molecule has 0 aromatic heterocycles. The van der Waals surface area contributed by atoms with Crippen LogP contribution in [-0.2, 0) is 16.0 Å². The van der Waals surface area contributed by atoms with Crippen molar-refractivity contribution >= 4 is 12.0 Å². The minimum Gasteiger partial charge on any atom is -0.360 e. The van der Waals surface area contributed by atoms with Gasteiger partial charge in [-0.2, -0.15) is 0 Å². The molecule has 1 radical (unpaired) electrons. The van der Waals surface area contributed by atoms with Crippen molar-refractivity contribution in [2.24, 2.45) is 0 Å². The fraction of sp³-hybridized carbons (Fsp3) is 0.462. The number of aryl methyl sites for hydroxylation is 1. The quantitative estimate of drug-likeness (QED) is 0.770. The van der Waals surface area contributed by atoms with E-state index >= 15 is 0 Å². The topological polar surface area (TPSA) is 38.3 Å². The third-order valence-corrected chi connectivity index (χ3v) is 2.75. The normalized spacial score (nSPS) is 18.6. The van der Waals surface area contributed by atoms with Gasteiger partial charge in [-0.05, 0) is 30.9 Å². The Balaban J connectivity index is 1.81. The highest BCUT2D eigenvalue weighted by molar-refractivity contribution is 5.53. The van der Waals surface area contributed by atoms with E-state index in [4.69, 9.17) is 4.74 Å². The fourth-order valence-electron chi connectivity index (χ4n) is 1.91. The molecule has 0 aliphatic carbocycles. The number of carbonyl (C=O) groups excluding carboxylic acids is 1. The van der Waals surface area contributed by atoms with Gasteiger partial charge in [0.2, 0.25) is 0 Å². The zero-order chi connectivity index (χ0) is 11.2. The van der Waals surface area contributed by atoms with Gasteiger partial charge in [-0.3, -0.25) is 4.79 Å². The van der Waals surface area contributed by atoms with Crippen LogP contribution >= 0.6 is 0 Å². The second-order valence-electron chi connectivity index (χ2n) is 3.95. The standard InChI is InChI=1S/C13H16NO2/c15-9-3-4-10-16-13-8-7-11-5-1-2-6-12(11)14-13/h1-2,5-6,13-14H,3-4,7-8,10H2. The van der Waals surface area contributed by atoms with E-state index in [1.165, 1.54) is 11.3 Å². The Morgan fingerprint density at radius 2 is 2.31 bits per heavy atom. The van der Waals surface area contributed by atoms with Crippen molar-refractivity contribution in [3.05, 3.63) is 29.8 Å². The molecular weight excluding hydrogens is 202 g/mol. The molecule has 16 heavy (non-hydrogen) atoms. The number of para-hydroxylation sites is 1. The molecule has 3 heteroatoms. The van der Waals surface area contributed by atoms with Gasteiger partial charge in [0.15, 0.2) is 6.29 Å². The Kier molecular flexibility index (Phi) is 3.94. The van der Waals surface area contributed by atoms with Gasteiger partial charge in [0, 0.05) is 18.7 Å². The molecule has 0 saturated carbocycles. The summed E-state index contributed by atoms with van der Waals surface area (Å²) in [4.78, 5) is 10.0. The van der Waals surface area contributed by atoms with Crippen LogP contribution in [0.5, 0.6) is 0 Å². The fourth-order valence-corrected chi connectivity index (χ4v) is 1.91. The van der Waals surface area contributed by atoms with Gasteiger partial charge in [-0.15, -0.1) is 0 Å². The Morgan fingerprint density at radius 3 is 3.19 bits per heavy atom. The summed E-state index contributed by atoms with van der Waals surface area (Å²) in [6.45, 7) is 0.620. The van der Waals surface area contributed by atoms with E-state index in [9.17, 15) is 4.79 Å². The average molecular weight is 218 g/mol. The molecular formula is C13H16NO2. The maximum absolute atomic E-state index is 10.0. The third-order valence-electron chi connectivity index (χ3n) is 2.75. The van der Waals surface area contributed by atoms with Crippen LogP contribution in [0.3, 0.4) is 0 Å². The van der Waals surface area contributed by atoms with Crippen molar-refractivity contribution in [3.63, 3.8) is 0 Å². The molecule has 1 aliphatic rings. The molecule has 1 aromatic carbocycles. The molecule has 0 bridgehead atoms. The van der Waals surface area contributed by atoms with Crippen molar-refractivity contribution < 1.29 is 9.53 Å². The van der Waals surface area contributed by atoms with Crippen LogP contribution in [0.1, 0.15) is 24.8 Å². The highest BCUT2D eigenvalue weighted by Crippen LogP contribution is 2.24. The number of nitrogens with one attached hydrogen (secondary N) is 1. The van der Waals surface area contributed by atoms with E-state index in [0.717, 1.165) is 19.3 Å². The zero-order valence-corrected chi connectivity index (χ0v) is 9.24. The first-order valence-electron chi connectivity index (χ1n) is 5.71. The minimum absolute atomic E-state index is 0.0848. The number of unbranched alkanes of at least 4 members (excludes halogenated alkanes) is 1. The summed E-state index contributed by atoms with van der Waals surface area (Å²) in [6.07, 6.45) is 5.21. The number of anilines is 1. The summed E-state index contributed by atoms with van der Waals surface area (Å²) in [5.74, 6) is 0. The van der Waals surface area contributed by atoms with Crippen molar-refractivity contribution in [2.75, 3.05) is 11.9 Å². The second kappa shape index (κ2) is 5.66. The van der Waals surface area contributed by atoms with E-state index < -0.39 is 0 Å². The van der Waals surface area contributed by atoms with Crippen LogP contribution < -0.4 is 5.32 Å². The second-order valence-corrected chi connectivity index (χ2v) is 3.95. The summed E-state index contributed by atoms with van der Waals surface area (Å²) in [5, 5.41) is 3.35. The molecule has 3 nitrogen and oxygen atoms in total. The molecule has 1 unspecified atom stereocenters. The maximum Gasteiger partial charge on any atom is 0.198 e. The Labute approximate surface area is 95.8 Å². The first-order valence-corrected chi connectivity index (χ1v) is 5.71. The van der Waals surface area contributed by atoms with Crippen LogP contribution in [0.15, 0.2) is 24.3 Å². The molecule has 1 heterocycles. The van der Waals surface area contributed by atoms with Crippen molar-refractivity contribution in [1.82, 2.24) is 0 Å². The molecule has 1 atom stereocenters. The highest BCUT2D eigenvalue weighted by Gasteiger charge is 2.16. The zero-order valence-electron chi connectivity index (χ0n) is 9.24. The number of rotatable bonds is 5. The highest BCUT2D eigenvalue weighted by atomic mass is 16.5. The van der Waals surface area contributed by atoms with Crippen molar-refractivity contribution in [1.29, 1.82) is 0 Å². The number of benzene rings is 1. The molecule has 0 saturated heterocycles. The van der Waals surface area contributed by atoms with E-state index in [1.54, 1.807) is 0 Å². The lowest BCUT2D eigenvalue weighted by molar-refractivity contribution is 0.0634. The Bertz CT molecular complexity index is 352. The Morgan fingerprint density at radius 1 is 1.44 bits per heavy atom. The molecule has 1 aromatic rings. The number of ether oxygens (including phenoxy) is 1. The summed E-state index contributed by atoms with van der Waals surface area (Å²) in [5.41, 5.74) is 2.52. The maximum atomic E-state index is 10.0. The summed E-state index contributed by atoms with van der Waals surface area (Å²) >= 11 is 0. The minimum atomic E-state index is 0.0848. The van der Waals surface area contributed by atoms with Crippen LogP contribution in [-0.4, -0.2) is 19.1 Å². The van der Waals surface area contributed by atoms with Gasteiger partial charge in [0.25, 0.3) is 0 Å². The van der Waals surface area contributed by atoms with Crippen LogP contribution in [0.4, 0.5) is 5.69 Å². The molecule has 0 spiro atoms. The molecule has 1 aliphatic heterocycles. The lowest BCUT2D eigenvalue weighted by atomic mass is 10.0. The van der Waals surface area contributed by atoms with Gasteiger partial charge in [0.05, 0.1) is 0 Å². The summed E-state index contributed by atoms with van der Waals surface area (Å²) in [7, 11) is 0. The first kappa shape index (κ1) is 11.1.